The van der Waals surface area contributed by atoms with Crippen LogP contribution in [0.4, 0.5) is 5.82 Å². The summed E-state index contributed by atoms with van der Waals surface area (Å²) in [5, 5.41) is 3.21. The molecule has 0 aromatic carbocycles. The molecule has 1 aliphatic heterocycles. The molecule has 0 amide bonds. The summed E-state index contributed by atoms with van der Waals surface area (Å²) in [6.07, 6.45) is 3.57. The van der Waals surface area contributed by atoms with Crippen LogP contribution in [0.1, 0.15) is 12.8 Å². The van der Waals surface area contributed by atoms with E-state index in [1.165, 1.54) is 0 Å². The lowest BCUT2D eigenvalue weighted by atomic mass is 10.0. The summed E-state index contributed by atoms with van der Waals surface area (Å²) >= 11 is 3.26. The van der Waals surface area contributed by atoms with Gasteiger partial charge in [0.15, 0.2) is 0 Å². The predicted molar refractivity (Wildman–Crippen MR) is 74.9 cm³/mol. The summed E-state index contributed by atoms with van der Waals surface area (Å²) in [6.45, 7) is 1.76. The molecule has 100 valence electrons. The molecule has 0 saturated carbocycles. The van der Waals surface area contributed by atoms with Gasteiger partial charge in [0.1, 0.15) is 5.82 Å². The van der Waals surface area contributed by atoms with Crippen molar-refractivity contribution in [2.75, 3.05) is 23.6 Å². The highest BCUT2D eigenvalue weighted by Crippen LogP contribution is 2.15. The molecule has 18 heavy (non-hydrogen) atoms. The summed E-state index contributed by atoms with van der Waals surface area (Å²) in [7, 11) is -3.31. The standard InChI is InChI=1S/C11H16BrN3O2S/c12-10-3-4-11(14-7-10)15-18(16,17)8-9-2-1-5-13-6-9/h3-4,7,9,13H,1-2,5-6,8H2,(H,14,15). The molecule has 0 aliphatic carbocycles. The minimum Gasteiger partial charge on any atom is -0.316 e. The molecule has 1 fully saturated rings. The van der Waals surface area contributed by atoms with E-state index in [2.05, 4.69) is 31.0 Å². The van der Waals surface area contributed by atoms with Crippen LogP contribution in [-0.2, 0) is 10.0 Å². The zero-order valence-electron chi connectivity index (χ0n) is 9.89. The van der Waals surface area contributed by atoms with Gasteiger partial charge < -0.3 is 5.32 Å². The van der Waals surface area contributed by atoms with Crippen molar-refractivity contribution in [3.05, 3.63) is 22.8 Å². The van der Waals surface area contributed by atoms with Crippen molar-refractivity contribution in [1.82, 2.24) is 10.3 Å². The van der Waals surface area contributed by atoms with Crippen LogP contribution in [-0.4, -0.2) is 32.2 Å². The highest BCUT2D eigenvalue weighted by molar-refractivity contribution is 9.10. The van der Waals surface area contributed by atoms with E-state index in [-0.39, 0.29) is 11.7 Å². The molecule has 2 N–H and O–H groups in total. The van der Waals surface area contributed by atoms with Crippen LogP contribution >= 0.6 is 15.9 Å². The second-order valence-electron chi connectivity index (χ2n) is 4.46. The van der Waals surface area contributed by atoms with Crippen molar-refractivity contribution in [2.45, 2.75) is 12.8 Å². The van der Waals surface area contributed by atoms with E-state index in [1.54, 1.807) is 18.3 Å². The molecule has 0 spiro atoms. The van der Waals surface area contributed by atoms with Gasteiger partial charge in [-0.1, -0.05) is 0 Å². The lowest BCUT2D eigenvalue weighted by Gasteiger charge is -2.22. The Bertz CT molecular complexity index is 484. The second kappa shape index (κ2) is 5.99. The maximum Gasteiger partial charge on any atom is 0.234 e. The quantitative estimate of drug-likeness (QED) is 0.877. The number of rotatable bonds is 4. The summed E-state index contributed by atoms with van der Waals surface area (Å²) in [5.74, 6) is 0.700. The fourth-order valence-corrected chi connectivity index (χ4v) is 3.68. The Labute approximate surface area is 116 Å². The molecule has 1 saturated heterocycles. The molecule has 5 nitrogen and oxygen atoms in total. The van der Waals surface area contributed by atoms with Gasteiger partial charge in [-0.2, -0.15) is 0 Å². The van der Waals surface area contributed by atoms with Crippen LogP contribution < -0.4 is 10.0 Å². The SMILES string of the molecule is O=S(=O)(CC1CCCNC1)Nc1ccc(Br)cn1. The van der Waals surface area contributed by atoms with Gasteiger partial charge in [-0.25, -0.2) is 13.4 Å². The van der Waals surface area contributed by atoms with Gasteiger partial charge in [-0.15, -0.1) is 0 Å². The number of hydrogen-bond donors (Lipinski definition) is 2. The third kappa shape index (κ3) is 4.22. The van der Waals surface area contributed by atoms with Gasteiger partial charge in [-0.3, -0.25) is 4.72 Å². The van der Waals surface area contributed by atoms with Crippen molar-refractivity contribution >= 4 is 31.8 Å². The second-order valence-corrected chi connectivity index (χ2v) is 7.14. The largest absolute Gasteiger partial charge is 0.316 e. The molecule has 1 aromatic heterocycles. The highest BCUT2D eigenvalue weighted by atomic mass is 79.9. The third-order valence-corrected chi connectivity index (χ3v) is 4.74. The lowest BCUT2D eigenvalue weighted by Crippen LogP contribution is -2.35. The van der Waals surface area contributed by atoms with E-state index < -0.39 is 10.0 Å². The third-order valence-electron chi connectivity index (χ3n) is 2.84. The van der Waals surface area contributed by atoms with E-state index in [9.17, 15) is 8.42 Å². The topological polar surface area (TPSA) is 71.1 Å². The van der Waals surface area contributed by atoms with Crippen molar-refractivity contribution in [3.8, 4) is 0 Å². The molecule has 0 radical (unpaired) electrons. The molecule has 1 aromatic rings. The number of piperidine rings is 1. The molecule has 2 heterocycles. The molecule has 2 rings (SSSR count). The first-order valence-corrected chi connectivity index (χ1v) is 8.32. The zero-order chi connectivity index (χ0) is 13.0. The van der Waals surface area contributed by atoms with Gasteiger partial charge in [0, 0.05) is 10.7 Å². The maximum atomic E-state index is 12.0. The number of nitrogens with zero attached hydrogens (tertiary/aromatic N) is 1. The number of anilines is 1. The minimum atomic E-state index is -3.31. The summed E-state index contributed by atoms with van der Waals surface area (Å²) in [4.78, 5) is 4.00. The van der Waals surface area contributed by atoms with E-state index in [4.69, 9.17) is 0 Å². The number of pyridine rings is 1. The van der Waals surface area contributed by atoms with Crippen LogP contribution in [0.25, 0.3) is 0 Å². The molecule has 7 heteroatoms. The monoisotopic (exact) mass is 333 g/mol. The van der Waals surface area contributed by atoms with Crippen LogP contribution in [0.3, 0.4) is 0 Å². The highest BCUT2D eigenvalue weighted by Gasteiger charge is 2.21. The van der Waals surface area contributed by atoms with E-state index in [1.807, 2.05) is 0 Å². The lowest BCUT2D eigenvalue weighted by molar-refractivity contribution is 0.404. The number of sulfonamides is 1. The van der Waals surface area contributed by atoms with Gasteiger partial charge >= 0.3 is 0 Å². The maximum absolute atomic E-state index is 12.0. The predicted octanol–water partition coefficient (Wildman–Crippen LogP) is 1.59. The Kier molecular flexibility index (Phi) is 4.58. The van der Waals surface area contributed by atoms with Crippen LogP contribution in [0.5, 0.6) is 0 Å². The summed E-state index contributed by atoms with van der Waals surface area (Å²) in [5.41, 5.74) is 0. The Morgan fingerprint density at radius 1 is 1.50 bits per heavy atom. The van der Waals surface area contributed by atoms with Gasteiger partial charge in [0.25, 0.3) is 0 Å². The normalized spacial score (nSPS) is 20.6. The molecule has 1 atom stereocenters. The molecular formula is C11H16BrN3O2S. The number of hydrogen-bond acceptors (Lipinski definition) is 4. The summed E-state index contributed by atoms with van der Waals surface area (Å²) < 4.78 is 27.3. The first-order valence-electron chi connectivity index (χ1n) is 5.88. The van der Waals surface area contributed by atoms with Crippen LogP contribution in [0.2, 0.25) is 0 Å². The average molecular weight is 334 g/mol. The Balaban J connectivity index is 1.96. The van der Waals surface area contributed by atoms with Crippen molar-refractivity contribution in [3.63, 3.8) is 0 Å². The minimum absolute atomic E-state index is 0.151. The van der Waals surface area contributed by atoms with Crippen LogP contribution in [0, 0.1) is 5.92 Å². The Morgan fingerprint density at radius 2 is 2.33 bits per heavy atom. The first-order chi connectivity index (χ1) is 8.55. The van der Waals surface area contributed by atoms with E-state index in [0.717, 1.165) is 30.4 Å². The van der Waals surface area contributed by atoms with E-state index in [0.29, 0.717) is 5.82 Å². The molecule has 0 bridgehead atoms. The average Bonchev–Trinajstić information content (AvgIpc) is 2.32. The molecular weight excluding hydrogens is 318 g/mol. The number of aromatic nitrogens is 1. The first kappa shape index (κ1) is 13.8. The van der Waals surface area contributed by atoms with Crippen molar-refractivity contribution < 1.29 is 8.42 Å². The van der Waals surface area contributed by atoms with Crippen LogP contribution in [0.15, 0.2) is 22.8 Å². The van der Waals surface area contributed by atoms with Gasteiger partial charge in [-0.05, 0) is 59.9 Å². The number of halogens is 1. The van der Waals surface area contributed by atoms with Gasteiger partial charge in [0.2, 0.25) is 10.0 Å². The number of nitrogens with one attached hydrogen (secondary N) is 2. The summed E-state index contributed by atoms with van der Waals surface area (Å²) in [6, 6.07) is 3.40. The Hall–Kier alpha value is -0.660. The smallest absolute Gasteiger partial charge is 0.234 e. The van der Waals surface area contributed by atoms with Crippen molar-refractivity contribution in [1.29, 1.82) is 0 Å². The Morgan fingerprint density at radius 3 is 2.94 bits per heavy atom. The fraction of sp³-hybridized carbons (Fsp3) is 0.545. The van der Waals surface area contributed by atoms with Gasteiger partial charge in [0.05, 0.1) is 5.75 Å². The van der Waals surface area contributed by atoms with E-state index >= 15 is 0 Å². The zero-order valence-corrected chi connectivity index (χ0v) is 12.3. The molecule has 1 aliphatic rings. The van der Waals surface area contributed by atoms with Crippen molar-refractivity contribution in [2.24, 2.45) is 5.92 Å². The molecule has 1 unspecified atom stereocenters. The fourth-order valence-electron chi connectivity index (χ4n) is 2.01.